The van der Waals surface area contributed by atoms with Gasteiger partial charge in [0.25, 0.3) is 11.4 Å². The second-order valence-electron chi connectivity index (χ2n) is 7.00. The van der Waals surface area contributed by atoms with Gasteiger partial charge in [0.15, 0.2) is 0 Å². The molecule has 5 rings (SSSR count). The predicted molar refractivity (Wildman–Crippen MR) is 106 cm³/mol. The molecule has 0 N–H and O–H groups in total. The molecule has 0 atom stereocenters. The van der Waals surface area contributed by atoms with E-state index in [1.54, 1.807) is 27.4 Å². The summed E-state index contributed by atoms with van der Waals surface area (Å²) in [5.74, 6) is 0.0790. The van der Waals surface area contributed by atoms with Crippen LogP contribution in [0.3, 0.4) is 0 Å². The van der Waals surface area contributed by atoms with Crippen molar-refractivity contribution in [3.63, 3.8) is 0 Å². The first-order chi connectivity index (χ1) is 14.0. The first-order valence-electron chi connectivity index (χ1n) is 9.15. The lowest BCUT2D eigenvalue weighted by molar-refractivity contribution is 0.432. The van der Waals surface area contributed by atoms with Crippen molar-refractivity contribution in [3.05, 3.63) is 71.0 Å². The van der Waals surface area contributed by atoms with Crippen molar-refractivity contribution in [3.8, 4) is 23.0 Å². The van der Waals surface area contributed by atoms with Crippen molar-refractivity contribution < 1.29 is 8.91 Å². The van der Waals surface area contributed by atoms with Gasteiger partial charge in [-0.15, -0.1) is 0 Å². The summed E-state index contributed by atoms with van der Waals surface area (Å²) in [6, 6.07) is 13.4. The van der Waals surface area contributed by atoms with E-state index in [9.17, 15) is 9.18 Å². The van der Waals surface area contributed by atoms with Crippen LogP contribution >= 0.6 is 0 Å². The Hall–Kier alpha value is -3.81. The summed E-state index contributed by atoms with van der Waals surface area (Å²) in [6.45, 7) is 3.92. The van der Waals surface area contributed by atoms with E-state index in [1.165, 1.54) is 12.1 Å². The summed E-state index contributed by atoms with van der Waals surface area (Å²) in [5.41, 5.74) is 2.80. The molecule has 2 aromatic carbocycles. The molecule has 8 heteroatoms. The van der Waals surface area contributed by atoms with Crippen LogP contribution in [-0.2, 0) is 0 Å². The Morgan fingerprint density at radius 3 is 2.48 bits per heavy atom. The molecule has 0 amide bonds. The highest BCUT2D eigenvalue weighted by molar-refractivity contribution is 5.83. The van der Waals surface area contributed by atoms with Crippen LogP contribution in [0.15, 0.2) is 64.2 Å². The van der Waals surface area contributed by atoms with Crippen molar-refractivity contribution in [1.82, 2.24) is 24.1 Å². The first kappa shape index (κ1) is 17.3. The maximum absolute atomic E-state index is 13.3. The molecule has 0 aliphatic heterocycles. The number of fused-ring (bicyclic) bond motifs is 3. The molecule has 0 bridgehead atoms. The number of benzene rings is 2. The number of para-hydroxylation sites is 2. The molecule has 3 aromatic heterocycles. The van der Waals surface area contributed by atoms with Crippen molar-refractivity contribution in [2.24, 2.45) is 0 Å². The number of hydrogen-bond acceptors (Lipinski definition) is 5. The highest BCUT2D eigenvalue weighted by atomic mass is 19.1. The van der Waals surface area contributed by atoms with Gasteiger partial charge in [-0.2, -0.15) is 4.98 Å². The topological polar surface area (TPSA) is 78.2 Å². The van der Waals surface area contributed by atoms with Gasteiger partial charge in [0.2, 0.25) is 5.82 Å². The summed E-state index contributed by atoms with van der Waals surface area (Å²) >= 11 is 0. The Bertz CT molecular complexity index is 1410. The Kier molecular flexibility index (Phi) is 3.80. The zero-order chi connectivity index (χ0) is 20.1. The Morgan fingerprint density at radius 2 is 1.76 bits per heavy atom. The monoisotopic (exact) mass is 389 g/mol. The molecule has 0 saturated heterocycles. The molecule has 29 heavy (non-hydrogen) atoms. The van der Waals surface area contributed by atoms with Crippen LogP contribution in [0.5, 0.6) is 0 Å². The summed E-state index contributed by atoms with van der Waals surface area (Å²) in [5, 5.41) is 4.00. The SMILES string of the molecule is CC(C)n1c(=O)c2c(-c3noc(-c4ccc(F)cc4)n3)ncn2c2ccccc21. The standard InChI is InChI=1S/C21H16FN5O2/c1-12(2)27-16-6-4-3-5-15(16)26-11-23-17(18(26)21(27)28)19-24-20(29-25-19)13-7-9-14(22)10-8-13/h3-12H,1-2H3. The normalized spacial score (nSPS) is 11.7. The fourth-order valence-electron chi connectivity index (χ4n) is 3.54. The van der Waals surface area contributed by atoms with Gasteiger partial charge < -0.3 is 9.09 Å². The molecule has 0 saturated carbocycles. The Morgan fingerprint density at radius 1 is 1.03 bits per heavy atom. The number of nitrogens with zero attached hydrogens (tertiary/aromatic N) is 5. The minimum Gasteiger partial charge on any atom is -0.334 e. The molecule has 5 aromatic rings. The molecular weight excluding hydrogens is 373 g/mol. The lowest BCUT2D eigenvalue weighted by Gasteiger charge is -2.15. The Balaban J connectivity index is 1.75. The third-order valence-electron chi connectivity index (χ3n) is 4.84. The zero-order valence-electron chi connectivity index (χ0n) is 15.7. The van der Waals surface area contributed by atoms with Crippen LogP contribution in [0, 0.1) is 5.82 Å². The summed E-state index contributed by atoms with van der Waals surface area (Å²) in [4.78, 5) is 22.1. The van der Waals surface area contributed by atoms with Gasteiger partial charge in [-0.1, -0.05) is 17.3 Å². The summed E-state index contributed by atoms with van der Waals surface area (Å²) in [7, 11) is 0. The minimum atomic E-state index is -0.352. The average molecular weight is 389 g/mol. The predicted octanol–water partition coefficient (Wildman–Crippen LogP) is 4.09. The van der Waals surface area contributed by atoms with Gasteiger partial charge in [-0.05, 0) is 50.2 Å². The van der Waals surface area contributed by atoms with Crippen LogP contribution in [0.1, 0.15) is 19.9 Å². The van der Waals surface area contributed by atoms with E-state index in [0.29, 0.717) is 16.8 Å². The van der Waals surface area contributed by atoms with Gasteiger partial charge in [0, 0.05) is 11.6 Å². The number of halogens is 1. The van der Waals surface area contributed by atoms with Gasteiger partial charge in [-0.25, -0.2) is 9.37 Å². The van der Waals surface area contributed by atoms with Crippen molar-refractivity contribution >= 4 is 16.6 Å². The quantitative estimate of drug-likeness (QED) is 0.464. The molecule has 0 radical (unpaired) electrons. The molecule has 0 fully saturated rings. The zero-order valence-corrected chi connectivity index (χ0v) is 15.7. The van der Waals surface area contributed by atoms with Crippen molar-refractivity contribution in [1.29, 1.82) is 0 Å². The van der Waals surface area contributed by atoms with Crippen LogP contribution in [0.2, 0.25) is 0 Å². The van der Waals surface area contributed by atoms with Crippen molar-refractivity contribution in [2.75, 3.05) is 0 Å². The van der Waals surface area contributed by atoms with E-state index >= 15 is 0 Å². The van der Waals surface area contributed by atoms with Gasteiger partial charge >= 0.3 is 0 Å². The molecule has 0 aliphatic carbocycles. The third-order valence-corrected chi connectivity index (χ3v) is 4.84. The Labute approximate surface area is 164 Å². The smallest absolute Gasteiger partial charge is 0.278 e. The fraction of sp³-hybridized carbons (Fsp3) is 0.143. The van der Waals surface area contributed by atoms with Gasteiger partial charge in [0.1, 0.15) is 23.4 Å². The highest BCUT2D eigenvalue weighted by Crippen LogP contribution is 2.26. The maximum atomic E-state index is 13.3. The van der Waals surface area contributed by atoms with E-state index in [0.717, 1.165) is 11.0 Å². The molecule has 144 valence electrons. The summed E-state index contributed by atoms with van der Waals surface area (Å²) in [6.07, 6.45) is 1.59. The lowest BCUT2D eigenvalue weighted by Crippen LogP contribution is -2.24. The van der Waals surface area contributed by atoms with Crippen LogP contribution < -0.4 is 5.56 Å². The fourth-order valence-corrected chi connectivity index (χ4v) is 3.54. The average Bonchev–Trinajstić information content (AvgIpc) is 3.36. The number of imidazole rings is 1. The maximum Gasteiger partial charge on any atom is 0.278 e. The third kappa shape index (κ3) is 2.64. The molecule has 0 spiro atoms. The highest BCUT2D eigenvalue weighted by Gasteiger charge is 2.21. The minimum absolute atomic E-state index is 0.0415. The molecule has 0 unspecified atom stereocenters. The molecule has 3 heterocycles. The first-order valence-corrected chi connectivity index (χ1v) is 9.15. The second-order valence-corrected chi connectivity index (χ2v) is 7.00. The summed E-state index contributed by atoms with van der Waals surface area (Å²) < 4.78 is 22.0. The molecule has 0 aliphatic rings. The molecular formula is C21H16FN5O2. The number of hydrogen-bond donors (Lipinski definition) is 0. The van der Waals surface area contributed by atoms with Crippen LogP contribution in [-0.4, -0.2) is 24.1 Å². The van der Waals surface area contributed by atoms with Gasteiger partial charge in [0.05, 0.1) is 11.0 Å². The largest absolute Gasteiger partial charge is 0.334 e. The number of rotatable bonds is 3. The van der Waals surface area contributed by atoms with Gasteiger partial charge in [-0.3, -0.25) is 9.20 Å². The van der Waals surface area contributed by atoms with Crippen LogP contribution in [0.4, 0.5) is 4.39 Å². The molecule has 7 nitrogen and oxygen atoms in total. The van der Waals surface area contributed by atoms with E-state index in [1.807, 2.05) is 38.1 Å². The number of aromatic nitrogens is 5. The van der Waals surface area contributed by atoms with E-state index in [2.05, 4.69) is 15.1 Å². The lowest BCUT2D eigenvalue weighted by atomic mass is 10.2. The van der Waals surface area contributed by atoms with Crippen molar-refractivity contribution in [2.45, 2.75) is 19.9 Å². The van der Waals surface area contributed by atoms with E-state index in [4.69, 9.17) is 4.52 Å². The second kappa shape index (κ2) is 6.37. The van der Waals surface area contributed by atoms with Crippen LogP contribution in [0.25, 0.3) is 39.5 Å². The van der Waals surface area contributed by atoms with E-state index < -0.39 is 0 Å². The van der Waals surface area contributed by atoms with E-state index in [-0.39, 0.29) is 29.1 Å².